The van der Waals surface area contributed by atoms with Crippen LogP contribution < -0.4 is 0 Å². The van der Waals surface area contributed by atoms with E-state index in [9.17, 15) is 5.11 Å². The van der Waals surface area contributed by atoms with Crippen LogP contribution in [-0.2, 0) is 11.3 Å². The van der Waals surface area contributed by atoms with Crippen molar-refractivity contribution in [1.82, 2.24) is 0 Å². The first-order valence-corrected chi connectivity index (χ1v) is 8.07. The van der Waals surface area contributed by atoms with E-state index in [4.69, 9.17) is 4.74 Å². The van der Waals surface area contributed by atoms with Crippen LogP contribution in [0.4, 0.5) is 0 Å². The zero-order valence-corrected chi connectivity index (χ0v) is 13.7. The highest BCUT2D eigenvalue weighted by Gasteiger charge is 2.05. The highest BCUT2D eigenvalue weighted by molar-refractivity contribution is 6.13. The molecule has 0 spiro atoms. The molecule has 124 valence electrons. The topological polar surface area (TPSA) is 41.8 Å². The predicted octanol–water partition coefficient (Wildman–Crippen LogP) is 5.10. The fourth-order valence-electron chi connectivity index (χ4n) is 2.40. The highest BCUT2D eigenvalue weighted by atomic mass is 16.6. The lowest BCUT2D eigenvalue weighted by atomic mass is 10.0. The third-order valence-corrected chi connectivity index (χ3v) is 3.63. The Morgan fingerprint density at radius 1 is 0.760 bits per heavy atom. The molecule has 0 atom stereocenters. The molecule has 0 aliphatic heterocycles. The standard InChI is InChI=1S/C22H19NO2/c24-21(25-17-18-10-4-1-5-11-18)16-23-22(19-12-6-2-7-13-19)20-14-8-3-9-15-20/h1-16,24H,17H2/b21-16+. The number of aliphatic imine (C=N–C) groups is 1. The Morgan fingerprint density at radius 3 is 1.76 bits per heavy atom. The van der Waals surface area contributed by atoms with Gasteiger partial charge in [0, 0.05) is 11.1 Å². The van der Waals surface area contributed by atoms with Gasteiger partial charge >= 0.3 is 0 Å². The summed E-state index contributed by atoms with van der Waals surface area (Å²) < 4.78 is 5.36. The number of ether oxygens (including phenoxy) is 1. The molecule has 3 aromatic rings. The van der Waals surface area contributed by atoms with E-state index >= 15 is 0 Å². The summed E-state index contributed by atoms with van der Waals surface area (Å²) in [6.45, 7) is 0.296. The van der Waals surface area contributed by atoms with Crippen LogP contribution in [0, 0.1) is 0 Å². The van der Waals surface area contributed by atoms with Gasteiger partial charge in [0.2, 0.25) is 0 Å². The van der Waals surface area contributed by atoms with Crippen molar-refractivity contribution in [2.24, 2.45) is 4.99 Å². The predicted molar refractivity (Wildman–Crippen MR) is 100 cm³/mol. The molecule has 0 saturated heterocycles. The van der Waals surface area contributed by atoms with Gasteiger partial charge in [0.15, 0.2) is 0 Å². The largest absolute Gasteiger partial charge is 0.480 e. The molecule has 3 aromatic carbocycles. The quantitative estimate of drug-likeness (QED) is 0.505. The van der Waals surface area contributed by atoms with Gasteiger partial charge in [0.25, 0.3) is 5.95 Å². The van der Waals surface area contributed by atoms with Crippen LogP contribution in [0.1, 0.15) is 16.7 Å². The second-order valence-electron chi connectivity index (χ2n) is 5.45. The van der Waals surface area contributed by atoms with E-state index in [0.717, 1.165) is 22.4 Å². The Hall–Kier alpha value is -3.33. The molecule has 0 fully saturated rings. The zero-order valence-electron chi connectivity index (χ0n) is 13.7. The summed E-state index contributed by atoms with van der Waals surface area (Å²) in [5.41, 5.74) is 3.70. The average Bonchev–Trinajstić information content (AvgIpc) is 2.69. The second kappa shape index (κ2) is 8.50. The molecule has 0 amide bonds. The summed E-state index contributed by atoms with van der Waals surface area (Å²) >= 11 is 0. The van der Waals surface area contributed by atoms with E-state index in [-0.39, 0.29) is 5.95 Å². The summed E-state index contributed by atoms with van der Waals surface area (Å²) in [7, 11) is 0. The smallest absolute Gasteiger partial charge is 0.296 e. The maximum atomic E-state index is 9.98. The molecule has 0 heterocycles. The van der Waals surface area contributed by atoms with Crippen molar-refractivity contribution in [2.75, 3.05) is 0 Å². The number of benzene rings is 3. The third-order valence-electron chi connectivity index (χ3n) is 3.63. The van der Waals surface area contributed by atoms with Crippen molar-refractivity contribution >= 4 is 5.71 Å². The fraction of sp³-hybridized carbons (Fsp3) is 0.0455. The maximum absolute atomic E-state index is 9.98. The van der Waals surface area contributed by atoms with E-state index in [1.54, 1.807) is 0 Å². The minimum atomic E-state index is -0.215. The molecule has 1 N–H and O–H groups in total. The van der Waals surface area contributed by atoms with E-state index < -0.39 is 0 Å². The van der Waals surface area contributed by atoms with Crippen LogP contribution in [0.5, 0.6) is 0 Å². The first-order chi connectivity index (χ1) is 12.3. The molecule has 3 rings (SSSR count). The molecule has 0 radical (unpaired) electrons. The lowest BCUT2D eigenvalue weighted by Gasteiger charge is -2.07. The normalized spacial score (nSPS) is 11.0. The van der Waals surface area contributed by atoms with E-state index in [0.29, 0.717) is 6.61 Å². The van der Waals surface area contributed by atoms with Gasteiger partial charge in [-0.1, -0.05) is 91.0 Å². The Morgan fingerprint density at radius 2 is 1.24 bits per heavy atom. The van der Waals surface area contributed by atoms with Gasteiger partial charge in [-0.25, -0.2) is 4.99 Å². The van der Waals surface area contributed by atoms with Crippen molar-refractivity contribution in [3.8, 4) is 0 Å². The number of aliphatic hydroxyl groups excluding tert-OH is 1. The lowest BCUT2D eigenvalue weighted by molar-refractivity contribution is 0.0819. The van der Waals surface area contributed by atoms with Gasteiger partial charge < -0.3 is 9.84 Å². The third kappa shape index (κ3) is 4.82. The Bertz CT molecular complexity index is 799. The van der Waals surface area contributed by atoms with E-state index in [1.165, 1.54) is 6.20 Å². The van der Waals surface area contributed by atoms with Crippen LogP contribution >= 0.6 is 0 Å². The second-order valence-corrected chi connectivity index (χ2v) is 5.45. The van der Waals surface area contributed by atoms with E-state index in [2.05, 4.69) is 4.99 Å². The van der Waals surface area contributed by atoms with Gasteiger partial charge in [0.05, 0.1) is 5.71 Å². The lowest BCUT2D eigenvalue weighted by Crippen LogP contribution is -2.02. The Labute approximate surface area is 147 Å². The molecule has 3 nitrogen and oxygen atoms in total. The van der Waals surface area contributed by atoms with Crippen LogP contribution in [0.2, 0.25) is 0 Å². The molecule has 25 heavy (non-hydrogen) atoms. The van der Waals surface area contributed by atoms with Gasteiger partial charge in [-0.15, -0.1) is 0 Å². The molecule has 0 bridgehead atoms. The molecule has 0 saturated carbocycles. The number of aliphatic hydroxyl groups is 1. The van der Waals surface area contributed by atoms with Crippen molar-refractivity contribution in [1.29, 1.82) is 0 Å². The Kier molecular flexibility index (Phi) is 5.62. The monoisotopic (exact) mass is 329 g/mol. The summed E-state index contributed by atoms with van der Waals surface area (Å²) in [5, 5.41) is 9.98. The molecule has 0 aliphatic carbocycles. The van der Waals surface area contributed by atoms with Crippen LogP contribution in [0.3, 0.4) is 0 Å². The molecular weight excluding hydrogens is 310 g/mol. The van der Waals surface area contributed by atoms with Crippen molar-refractivity contribution in [3.63, 3.8) is 0 Å². The number of nitrogens with zero attached hydrogens (tertiary/aromatic N) is 1. The summed E-state index contributed by atoms with van der Waals surface area (Å²) in [5.74, 6) is -0.215. The first kappa shape index (κ1) is 16.5. The fourth-order valence-corrected chi connectivity index (χ4v) is 2.40. The zero-order chi connectivity index (χ0) is 17.3. The molecule has 3 heteroatoms. The van der Waals surface area contributed by atoms with Gasteiger partial charge in [-0.05, 0) is 5.56 Å². The van der Waals surface area contributed by atoms with Gasteiger partial charge in [0.1, 0.15) is 12.8 Å². The molecule has 0 aliphatic rings. The van der Waals surface area contributed by atoms with Crippen molar-refractivity contribution in [2.45, 2.75) is 6.61 Å². The van der Waals surface area contributed by atoms with Crippen molar-refractivity contribution in [3.05, 3.63) is 120 Å². The summed E-state index contributed by atoms with van der Waals surface area (Å²) in [4.78, 5) is 4.46. The average molecular weight is 329 g/mol. The van der Waals surface area contributed by atoms with Gasteiger partial charge in [-0.2, -0.15) is 0 Å². The summed E-state index contributed by atoms with van der Waals surface area (Å²) in [6, 6.07) is 29.4. The van der Waals surface area contributed by atoms with Crippen LogP contribution in [-0.4, -0.2) is 10.8 Å². The molecule has 0 unspecified atom stereocenters. The molecular formula is C22H19NO2. The number of hydrogen-bond acceptors (Lipinski definition) is 3. The highest BCUT2D eigenvalue weighted by Crippen LogP contribution is 2.12. The van der Waals surface area contributed by atoms with Gasteiger partial charge in [-0.3, -0.25) is 0 Å². The van der Waals surface area contributed by atoms with Crippen LogP contribution in [0.25, 0.3) is 0 Å². The minimum absolute atomic E-state index is 0.215. The van der Waals surface area contributed by atoms with E-state index in [1.807, 2.05) is 91.0 Å². The number of hydrogen-bond donors (Lipinski definition) is 1. The SMILES string of the molecule is O/C(=C\N=C(c1ccccc1)c1ccccc1)OCc1ccccc1. The Balaban J connectivity index is 1.81. The number of rotatable bonds is 6. The summed E-state index contributed by atoms with van der Waals surface area (Å²) in [6.07, 6.45) is 1.35. The maximum Gasteiger partial charge on any atom is 0.296 e. The molecule has 0 aromatic heterocycles. The first-order valence-electron chi connectivity index (χ1n) is 8.07. The van der Waals surface area contributed by atoms with Crippen LogP contribution in [0.15, 0.2) is 108 Å². The minimum Gasteiger partial charge on any atom is -0.480 e. The van der Waals surface area contributed by atoms with Crippen molar-refractivity contribution < 1.29 is 9.84 Å².